The highest BCUT2D eigenvalue weighted by Crippen LogP contribution is 2.15. The Morgan fingerprint density at radius 1 is 1.37 bits per heavy atom. The number of ether oxygens (including phenoxy) is 1. The molecule has 5 heteroatoms. The molecule has 1 aromatic heterocycles. The molecule has 1 aliphatic heterocycles. The van der Waals surface area contributed by atoms with Crippen LogP contribution in [0, 0.1) is 12.8 Å². The van der Waals surface area contributed by atoms with E-state index >= 15 is 0 Å². The largest absolute Gasteiger partial charge is 0.481 e. The highest BCUT2D eigenvalue weighted by Gasteiger charge is 2.14. The lowest BCUT2D eigenvalue weighted by molar-refractivity contribution is 0.199. The molecule has 106 valence electrons. The Morgan fingerprint density at radius 2 is 2.11 bits per heavy atom. The van der Waals surface area contributed by atoms with Crippen molar-refractivity contribution >= 4 is 5.95 Å². The van der Waals surface area contributed by atoms with Gasteiger partial charge in [-0.05, 0) is 38.8 Å². The van der Waals surface area contributed by atoms with Gasteiger partial charge in [-0.2, -0.15) is 4.98 Å². The van der Waals surface area contributed by atoms with Crippen LogP contribution in [0.1, 0.15) is 25.5 Å². The van der Waals surface area contributed by atoms with E-state index in [4.69, 9.17) is 4.74 Å². The minimum Gasteiger partial charge on any atom is -0.481 e. The first-order chi connectivity index (χ1) is 9.17. The summed E-state index contributed by atoms with van der Waals surface area (Å²) >= 11 is 0. The summed E-state index contributed by atoms with van der Waals surface area (Å²) in [5, 5.41) is 3.27. The van der Waals surface area contributed by atoms with Gasteiger partial charge in [-0.15, -0.1) is 0 Å². The summed E-state index contributed by atoms with van der Waals surface area (Å²) in [4.78, 5) is 11.1. The molecule has 0 aliphatic carbocycles. The molecule has 0 bridgehead atoms. The zero-order chi connectivity index (χ0) is 13.7. The first kappa shape index (κ1) is 14.1. The van der Waals surface area contributed by atoms with E-state index < -0.39 is 0 Å². The number of aromatic nitrogens is 2. The second kappa shape index (κ2) is 6.70. The molecule has 1 aliphatic rings. The lowest BCUT2D eigenvalue weighted by Crippen LogP contribution is -2.36. The molecule has 0 spiro atoms. The molecule has 0 aromatic carbocycles. The lowest BCUT2D eigenvalue weighted by Gasteiger charge is -2.30. The summed E-state index contributed by atoms with van der Waals surface area (Å²) in [5.74, 6) is 2.15. The molecule has 0 radical (unpaired) electrons. The van der Waals surface area contributed by atoms with Crippen molar-refractivity contribution in [2.45, 2.75) is 26.7 Å². The Balaban J connectivity index is 1.77. The normalized spacial score (nSPS) is 17.4. The van der Waals surface area contributed by atoms with E-state index in [0.29, 0.717) is 11.8 Å². The molecule has 1 N–H and O–H groups in total. The second-order valence-electron chi connectivity index (χ2n) is 5.33. The van der Waals surface area contributed by atoms with Gasteiger partial charge in [0.1, 0.15) is 0 Å². The van der Waals surface area contributed by atoms with Crippen molar-refractivity contribution in [2.75, 3.05) is 38.6 Å². The highest BCUT2D eigenvalue weighted by molar-refractivity contribution is 5.30. The number of nitrogens with one attached hydrogen (secondary N) is 1. The zero-order valence-corrected chi connectivity index (χ0v) is 12.1. The number of piperidine rings is 1. The SMILES string of the molecule is COc1cc(C)nc(NCCN2CCC(C)CC2)n1. The summed E-state index contributed by atoms with van der Waals surface area (Å²) in [6, 6.07) is 1.83. The Kier molecular flexibility index (Phi) is 4.96. The van der Waals surface area contributed by atoms with Gasteiger partial charge in [0.15, 0.2) is 0 Å². The minimum atomic E-state index is 0.613. The average Bonchev–Trinajstić information content (AvgIpc) is 2.40. The maximum Gasteiger partial charge on any atom is 0.226 e. The standard InChI is InChI=1S/C14H24N4O/c1-11-4-7-18(8-5-11)9-6-15-14-16-12(2)10-13(17-14)19-3/h10-11H,4-9H2,1-3H3,(H,15,16,17). The fourth-order valence-corrected chi connectivity index (χ4v) is 2.33. The molecule has 1 aromatic rings. The van der Waals surface area contributed by atoms with Crippen LogP contribution in [0.2, 0.25) is 0 Å². The van der Waals surface area contributed by atoms with Gasteiger partial charge in [-0.3, -0.25) is 0 Å². The van der Waals surface area contributed by atoms with Crippen molar-refractivity contribution in [2.24, 2.45) is 5.92 Å². The van der Waals surface area contributed by atoms with E-state index in [1.807, 2.05) is 13.0 Å². The number of likely N-dealkylation sites (tertiary alicyclic amines) is 1. The second-order valence-corrected chi connectivity index (χ2v) is 5.33. The van der Waals surface area contributed by atoms with Crippen LogP contribution >= 0.6 is 0 Å². The third-order valence-corrected chi connectivity index (χ3v) is 3.63. The van der Waals surface area contributed by atoms with Gasteiger partial charge in [-0.1, -0.05) is 6.92 Å². The Morgan fingerprint density at radius 3 is 2.79 bits per heavy atom. The van der Waals surface area contributed by atoms with Crippen molar-refractivity contribution in [3.63, 3.8) is 0 Å². The van der Waals surface area contributed by atoms with Crippen LogP contribution in [0.3, 0.4) is 0 Å². The van der Waals surface area contributed by atoms with Gasteiger partial charge in [0, 0.05) is 24.8 Å². The maximum absolute atomic E-state index is 5.14. The Bertz CT molecular complexity index is 402. The van der Waals surface area contributed by atoms with E-state index in [-0.39, 0.29) is 0 Å². The summed E-state index contributed by atoms with van der Waals surface area (Å²) in [6.45, 7) is 8.62. The minimum absolute atomic E-state index is 0.613. The van der Waals surface area contributed by atoms with Gasteiger partial charge < -0.3 is 15.0 Å². The third-order valence-electron chi connectivity index (χ3n) is 3.63. The fraction of sp³-hybridized carbons (Fsp3) is 0.714. The molecule has 2 rings (SSSR count). The molecule has 2 heterocycles. The van der Waals surface area contributed by atoms with E-state index in [0.717, 1.165) is 24.7 Å². The molecule has 19 heavy (non-hydrogen) atoms. The van der Waals surface area contributed by atoms with Crippen molar-refractivity contribution in [3.05, 3.63) is 11.8 Å². The molecule has 0 saturated carbocycles. The van der Waals surface area contributed by atoms with E-state index in [9.17, 15) is 0 Å². The van der Waals surface area contributed by atoms with Crippen LogP contribution in [0.5, 0.6) is 5.88 Å². The smallest absolute Gasteiger partial charge is 0.226 e. The first-order valence-electron chi connectivity index (χ1n) is 7.03. The van der Waals surface area contributed by atoms with Crippen molar-refractivity contribution < 1.29 is 4.74 Å². The number of nitrogens with zero attached hydrogens (tertiary/aromatic N) is 3. The van der Waals surface area contributed by atoms with Gasteiger partial charge >= 0.3 is 0 Å². The zero-order valence-electron chi connectivity index (χ0n) is 12.1. The summed E-state index contributed by atoms with van der Waals surface area (Å²) < 4.78 is 5.14. The van der Waals surface area contributed by atoms with E-state index in [1.54, 1.807) is 7.11 Å². The van der Waals surface area contributed by atoms with Gasteiger partial charge in [0.05, 0.1) is 7.11 Å². The monoisotopic (exact) mass is 264 g/mol. The molecule has 0 amide bonds. The quantitative estimate of drug-likeness (QED) is 0.880. The van der Waals surface area contributed by atoms with Crippen LogP contribution in [-0.4, -0.2) is 48.2 Å². The van der Waals surface area contributed by atoms with E-state index in [1.165, 1.54) is 25.9 Å². The van der Waals surface area contributed by atoms with Gasteiger partial charge in [-0.25, -0.2) is 4.98 Å². The van der Waals surface area contributed by atoms with Crippen LogP contribution < -0.4 is 10.1 Å². The van der Waals surface area contributed by atoms with E-state index in [2.05, 4.69) is 27.1 Å². The first-order valence-corrected chi connectivity index (χ1v) is 7.03. The number of anilines is 1. The topological polar surface area (TPSA) is 50.3 Å². The molecular weight excluding hydrogens is 240 g/mol. The fourth-order valence-electron chi connectivity index (χ4n) is 2.33. The summed E-state index contributed by atoms with van der Waals surface area (Å²) in [5.41, 5.74) is 0.918. The average molecular weight is 264 g/mol. The summed E-state index contributed by atoms with van der Waals surface area (Å²) in [7, 11) is 1.63. The van der Waals surface area contributed by atoms with Crippen molar-refractivity contribution in [3.8, 4) is 5.88 Å². The number of hydrogen-bond acceptors (Lipinski definition) is 5. The van der Waals surface area contributed by atoms with Crippen molar-refractivity contribution in [1.82, 2.24) is 14.9 Å². The number of aryl methyl sites for hydroxylation is 1. The molecule has 1 fully saturated rings. The molecule has 5 nitrogen and oxygen atoms in total. The molecule has 0 unspecified atom stereocenters. The summed E-state index contributed by atoms with van der Waals surface area (Å²) in [6.07, 6.45) is 2.63. The number of methoxy groups -OCH3 is 1. The molecular formula is C14H24N4O. The highest BCUT2D eigenvalue weighted by atomic mass is 16.5. The van der Waals surface area contributed by atoms with Crippen LogP contribution in [-0.2, 0) is 0 Å². The van der Waals surface area contributed by atoms with Crippen LogP contribution in [0.25, 0.3) is 0 Å². The predicted molar refractivity (Wildman–Crippen MR) is 76.6 cm³/mol. The van der Waals surface area contributed by atoms with Gasteiger partial charge in [0.2, 0.25) is 11.8 Å². The van der Waals surface area contributed by atoms with Gasteiger partial charge in [0.25, 0.3) is 0 Å². The Hall–Kier alpha value is -1.36. The van der Waals surface area contributed by atoms with Crippen LogP contribution in [0.15, 0.2) is 6.07 Å². The maximum atomic E-state index is 5.14. The molecule has 1 saturated heterocycles. The number of rotatable bonds is 5. The lowest BCUT2D eigenvalue weighted by atomic mass is 9.99. The van der Waals surface area contributed by atoms with Crippen LogP contribution in [0.4, 0.5) is 5.95 Å². The molecule has 0 atom stereocenters. The Labute approximate surface area is 115 Å². The predicted octanol–water partition coefficient (Wildman–Crippen LogP) is 1.94. The van der Waals surface area contributed by atoms with Crippen molar-refractivity contribution in [1.29, 1.82) is 0 Å². The third kappa shape index (κ3) is 4.35. The number of hydrogen-bond donors (Lipinski definition) is 1.